The summed E-state index contributed by atoms with van der Waals surface area (Å²) in [5.74, 6) is 0.175. The minimum absolute atomic E-state index is 0.0823. The normalized spacial score (nSPS) is 13.0. The van der Waals surface area contributed by atoms with E-state index in [1.807, 2.05) is 0 Å². The molecule has 196 valence electrons. The Morgan fingerprint density at radius 3 is 1.76 bits per heavy atom. The number of ether oxygens (including phenoxy) is 1. The molecule has 0 heterocycles. The zero-order chi connectivity index (χ0) is 24.9. The third-order valence-electron chi connectivity index (χ3n) is 5.56. The van der Waals surface area contributed by atoms with Crippen LogP contribution in [0.2, 0.25) is 0 Å². The van der Waals surface area contributed by atoms with Crippen LogP contribution in [-0.2, 0) is 18.3 Å². The molecule has 0 fully saturated rings. The molecule has 0 aliphatic heterocycles. The lowest BCUT2D eigenvalue weighted by Crippen LogP contribution is -2.05. The quantitative estimate of drug-likeness (QED) is 0.0644. The van der Waals surface area contributed by atoms with E-state index in [9.17, 15) is 14.7 Å². The number of unbranched alkanes of at least 4 members (excludes halogenated alkanes) is 12. The zero-order valence-corrected chi connectivity index (χ0v) is 22.0. The van der Waals surface area contributed by atoms with E-state index in [-0.39, 0.29) is 18.0 Å². The topological polar surface area (TPSA) is 97.1 Å². The maximum atomic E-state index is 12.5. The molecule has 0 aliphatic carbocycles. The maximum absolute atomic E-state index is 12.5. The minimum Gasteiger partial charge on any atom is -0.404 e. The van der Waals surface area contributed by atoms with Crippen molar-refractivity contribution < 1.29 is 27.8 Å². The molecule has 1 unspecified atom stereocenters. The van der Waals surface area contributed by atoms with Crippen LogP contribution in [0.25, 0.3) is 0 Å². The molecular formula is C25H44NO7P. The molecule has 0 spiro atoms. The highest BCUT2D eigenvalue weighted by Gasteiger charge is 2.26. The molecule has 1 rings (SSSR count). The molecule has 1 aromatic carbocycles. The van der Waals surface area contributed by atoms with Gasteiger partial charge < -0.3 is 9.26 Å². The molecule has 0 radical (unpaired) electrons. The monoisotopic (exact) mass is 501 g/mol. The number of rotatable bonds is 23. The van der Waals surface area contributed by atoms with Crippen LogP contribution in [-0.4, -0.2) is 31.9 Å². The van der Waals surface area contributed by atoms with Crippen molar-refractivity contribution in [2.75, 3.05) is 26.9 Å². The first kappa shape index (κ1) is 30.6. The van der Waals surface area contributed by atoms with Crippen LogP contribution < -0.4 is 4.52 Å². The van der Waals surface area contributed by atoms with E-state index in [4.69, 9.17) is 18.3 Å². The van der Waals surface area contributed by atoms with Crippen LogP contribution in [0, 0.1) is 10.1 Å². The highest BCUT2D eigenvalue weighted by Crippen LogP contribution is 2.48. The SMILES string of the molecule is CCCCCCCCCCCCCCCOCCCOP(=O)(OC)Oc1ccc([N+](=O)[O-])cc1. The Bertz CT molecular complexity index is 684. The first-order valence-electron chi connectivity index (χ1n) is 12.8. The van der Waals surface area contributed by atoms with Crippen molar-refractivity contribution >= 4 is 13.5 Å². The van der Waals surface area contributed by atoms with Gasteiger partial charge in [0.25, 0.3) is 5.69 Å². The van der Waals surface area contributed by atoms with Crippen molar-refractivity contribution in [3.05, 3.63) is 34.4 Å². The van der Waals surface area contributed by atoms with Crippen molar-refractivity contribution in [1.82, 2.24) is 0 Å². The van der Waals surface area contributed by atoms with Gasteiger partial charge in [-0.1, -0.05) is 84.0 Å². The minimum atomic E-state index is -3.78. The predicted octanol–water partition coefficient (Wildman–Crippen LogP) is 8.24. The van der Waals surface area contributed by atoms with Gasteiger partial charge in [0.1, 0.15) is 5.75 Å². The lowest BCUT2D eigenvalue weighted by Gasteiger charge is -2.16. The number of non-ortho nitro benzene ring substituents is 1. The molecule has 9 heteroatoms. The fourth-order valence-electron chi connectivity index (χ4n) is 3.54. The van der Waals surface area contributed by atoms with Crippen molar-refractivity contribution in [3.8, 4) is 5.75 Å². The summed E-state index contributed by atoms with van der Waals surface area (Å²) in [5, 5.41) is 10.7. The highest BCUT2D eigenvalue weighted by molar-refractivity contribution is 7.48. The summed E-state index contributed by atoms with van der Waals surface area (Å²) in [6.07, 6.45) is 17.8. The molecule has 0 saturated heterocycles. The second-order valence-electron chi connectivity index (χ2n) is 8.51. The average molecular weight is 502 g/mol. The summed E-state index contributed by atoms with van der Waals surface area (Å²) in [4.78, 5) is 10.2. The summed E-state index contributed by atoms with van der Waals surface area (Å²) in [5.41, 5.74) is -0.0823. The first-order valence-corrected chi connectivity index (χ1v) is 14.3. The molecule has 34 heavy (non-hydrogen) atoms. The first-order chi connectivity index (χ1) is 16.5. The second-order valence-corrected chi connectivity index (χ2v) is 10.2. The maximum Gasteiger partial charge on any atom is 0.529 e. The van der Waals surface area contributed by atoms with Crippen LogP contribution in [0.3, 0.4) is 0 Å². The van der Waals surface area contributed by atoms with Gasteiger partial charge in [-0.25, -0.2) is 4.57 Å². The van der Waals surface area contributed by atoms with Gasteiger partial charge in [-0.2, -0.15) is 0 Å². The number of hydrogen-bond donors (Lipinski definition) is 0. The van der Waals surface area contributed by atoms with E-state index in [1.165, 1.54) is 108 Å². The molecule has 1 atom stereocenters. The fraction of sp³-hybridized carbons (Fsp3) is 0.760. The summed E-state index contributed by atoms with van der Waals surface area (Å²) in [6, 6.07) is 5.23. The Morgan fingerprint density at radius 2 is 1.26 bits per heavy atom. The Labute approximate surface area is 205 Å². The van der Waals surface area contributed by atoms with Gasteiger partial charge >= 0.3 is 7.82 Å². The zero-order valence-electron chi connectivity index (χ0n) is 21.1. The van der Waals surface area contributed by atoms with Crippen molar-refractivity contribution in [2.24, 2.45) is 0 Å². The van der Waals surface area contributed by atoms with Gasteiger partial charge in [-0.3, -0.25) is 19.2 Å². The molecule has 0 N–H and O–H groups in total. The Kier molecular flexibility index (Phi) is 17.8. The molecule has 0 aromatic heterocycles. The number of benzene rings is 1. The molecule has 0 bridgehead atoms. The summed E-state index contributed by atoms with van der Waals surface area (Å²) < 4.78 is 33.6. The van der Waals surface area contributed by atoms with Gasteiger partial charge in [0.15, 0.2) is 0 Å². The number of nitro groups is 1. The number of nitrogens with zero attached hydrogens (tertiary/aromatic N) is 1. The molecule has 0 saturated carbocycles. The molecule has 0 aliphatic rings. The number of phosphoric ester groups is 1. The fourth-order valence-corrected chi connectivity index (χ4v) is 4.50. The van der Waals surface area contributed by atoms with Gasteiger partial charge in [-0.05, 0) is 25.0 Å². The van der Waals surface area contributed by atoms with Crippen molar-refractivity contribution in [3.63, 3.8) is 0 Å². The lowest BCUT2D eigenvalue weighted by atomic mass is 10.0. The van der Waals surface area contributed by atoms with E-state index in [2.05, 4.69) is 6.92 Å². The third kappa shape index (κ3) is 15.4. The summed E-state index contributed by atoms with van der Waals surface area (Å²) in [7, 11) is -2.54. The van der Waals surface area contributed by atoms with Crippen LogP contribution in [0.1, 0.15) is 96.8 Å². The van der Waals surface area contributed by atoms with Crippen LogP contribution >= 0.6 is 7.82 Å². The van der Waals surface area contributed by atoms with Crippen LogP contribution in [0.4, 0.5) is 5.69 Å². The van der Waals surface area contributed by atoms with Crippen molar-refractivity contribution in [2.45, 2.75) is 96.8 Å². The predicted molar refractivity (Wildman–Crippen MR) is 135 cm³/mol. The van der Waals surface area contributed by atoms with E-state index >= 15 is 0 Å². The van der Waals surface area contributed by atoms with Gasteiger partial charge in [0.05, 0.1) is 11.5 Å². The van der Waals surface area contributed by atoms with Crippen LogP contribution in [0.15, 0.2) is 24.3 Å². The van der Waals surface area contributed by atoms with Crippen molar-refractivity contribution in [1.29, 1.82) is 0 Å². The van der Waals surface area contributed by atoms with Gasteiger partial charge in [-0.15, -0.1) is 0 Å². The standard InChI is InChI=1S/C25H44NO7P/c1-3-4-5-6-7-8-9-10-11-12-13-14-15-21-31-22-16-23-32-34(29,30-2)33-25-19-17-24(18-20-25)26(27)28/h17-20H,3-16,21-23H2,1-2H3. The summed E-state index contributed by atoms with van der Waals surface area (Å²) in [6.45, 7) is 3.66. The largest absolute Gasteiger partial charge is 0.529 e. The third-order valence-corrected chi connectivity index (χ3v) is 6.94. The molecule has 0 amide bonds. The second kappa shape index (κ2) is 19.8. The lowest BCUT2D eigenvalue weighted by molar-refractivity contribution is -0.384. The number of phosphoric acid groups is 1. The summed E-state index contributed by atoms with van der Waals surface area (Å²) >= 11 is 0. The molecular weight excluding hydrogens is 457 g/mol. The van der Waals surface area contributed by atoms with E-state index in [0.29, 0.717) is 13.0 Å². The molecule has 1 aromatic rings. The Hall–Kier alpha value is -1.47. The van der Waals surface area contributed by atoms with Crippen LogP contribution in [0.5, 0.6) is 5.75 Å². The van der Waals surface area contributed by atoms with E-state index < -0.39 is 12.7 Å². The average Bonchev–Trinajstić information content (AvgIpc) is 2.83. The Morgan fingerprint density at radius 1 is 0.765 bits per heavy atom. The van der Waals surface area contributed by atoms with Gasteiger partial charge in [0.2, 0.25) is 0 Å². The Balaban J connectivity index is 1.95. The highest BCUT2D eigenvalue weighted by atomic mass is 31.2. The number of hydrogen-bond acceptors (Lipinski definition) is 7. The smallest absolute Gasteiger partial charge is 0.404 e. The molecule has 8 nitrogen and oxygen atoms in total. The van der Waals surface area contributed by atoms with E-state index in [1.54, 1.807) is 0 Å². The van der Waals surface area contributed by atoms with Gasteiger partial charge in [0, 0.05) is 32.5 Å². The van der Waals surface area contributed by atoms with E-state index in [0.717, 1.165) is 13.0 Å². The number of nitro benzene ring substituents is 1.